The third-order valence-electron chi connectivity index (χ3n) is 0.626. The largest absolute Gasteiger partial charge is 0.494 e. The highest BCUT2D eigenvalue weighted by Crippen LogP contribution is 1.92. The van der Waals surface area contributed by atoms with Gasteiger partial charge in [0.1, 0.15) is 0 Å². The molecule has 1 N–H and O–H groups in total. The van der Waals surface area contributed by atoms with Gasteiger partial charge in [-0.2, -0.15) is 0 Å². The van der Waals surface area contributed by atoms with Crippen LogP contribution < -0.4 is 0 Å². The number of hydrogen-bond acceptors (Lipinski definition) is 3. The van der Waals surface area contributed by atoms with Crippen molar-refractivity contribution >= 4 is 15.3 Å². The molecule has 0 aliphatic carbocycles. The van der Waals surface area contributed by atoms with E-state index in [1.807, 2.05) is 0 Å². The van der Waals surface area contributed by atoms with Crippen LogP contribution in [-0.4, -0.2) is 20.0 Å². The summed E-state index contributed by atoms with van der Waals surface area (Å²) in [5.41, 5.74) is 0.323. The van der Waals surface area contributed by atoms with Gasteiger partial charge in [-0.3, -0.25) is 0 Å². The molecule has 9 heavy (non-hydrogen) atoms. The summed E-state index contributed by atoms with van der Waals surface area (Å²) in [6, 6.07) is 0. The highest BCUT2D eigenvalue weighted by Gasteiger charge is 2.07. The van der Waals surface area contributed by atoms with E-state index in [-0.39, 0.29) is 0 Å². The monoisotopic (exact) mass is 146 g/mol. The van der Waals surface area contributed by atoms with E-state index in [4.69, 9.17) is 4.80 Å². The fraction of sp³-hybridized carbons (Fsp3) is 0.400. The molecule has 0 aromatic carbocycles. The van der Waals surface area contributed by atoms with Gasteiger partial charge in [0.25, 0.3) is 0 Å². The molecule has 0 aromatic rings. The maximum atomic E-state index is 10.5. The SMILES string of the molecule is C=C(C)C(=O)O[SiH](C)O. The summed E-state index contributed by atoms with van der Waals surface area (Å²) in [7, 11) is -2.19. The molecule has 4 heteroatoms. The Kier molecular flexibility index (Phi) is 3.19. The molecule has 0 aliphatic rings. The van der Waals surface area contributed by atoms with Crippen LogP contribution in [-0.2, 0) is 9.22 Å². The fourth-order valence-corrected chi connectivity index (χ4v) is 0.766. The first-order valence-electron chi connectivity index (χ1n) is 2.58. The Morgan fingerprint density at radius 1 is 1.78 bits per heavy atom. The lowest BCUT2D eigenvalue weighted by molar-refractivity contribution is -0.131. The molecular formula is C5H10O3Si. The number of carbonyl (C=O) groups is 1. The van der Waals surface area contributed by atoms with Crippen molar-refractivity contribution in [3.05, 3.63) is 12.2 Å². The molecule has 0 aliphatic heterocycles. The molecule has 0 rings (SSSR count). The van der Waals surface area contributed by atoms with Gasteiger partial charge in [-0.25, -0.2) is 4.79 Å². The number of carbonyl (C=O) groups excluding carboxylic acids is 1. The lowest BCUT2D eigenvalue weighted by Gasteiger charge is -2.03. The molecule has 0 bridgehead atoms. The first kappa shape index (κ1) is 8.39. The fourth-order valence-electron chi connectivity index (χ4n) is 0.255. The van der Waals surface area contributed by atoms with Crippen molar-refractivity contribution in [3.63, 3.8) is 0 Å². The average molecular weight is 146 g/mol. The lowest BCUT2D eigenvalue weighted by Crippen LogP contribution is -2.18. The van der Waals surface area contributed by atoms with Gasteiger partial charge in [0.2, 0.25) is 0 Å². The van der Waals surface area contributed by atoms with Gasteiger partial charge >= 0.3 is 15.3 Å². The predicted octanol–water partition coefficient (Wildman–Crippen LogP) is -0.0517. The molecule has 1 atom stereocenters. The molecule has 1 unspecified atom stereocenters. The summed E-state index contributed by atoms with van der Waals surface area (Å²) in [6.07, 6.45) is 0. The summed E-state index contributed by atoms with van der Waals surface area (Å²) in [6.45, 7) is 6.39. The van der Waals surface area contributed by atoms with E-state index in [0.29, 0.717) is 5.57 Å². The third-order valence-corrected chi connectivity index (χ3v) is 1.18. The van der Waals surface area contributed by atoms with Crippen molar-refractivity contribution in [2.75, 3.05) is 0 Å². The second kappa shape index (κ2) is 3.42. The average Bonchev–Trinajstić information content (AvgIpc) is 1.63. The molecule has 0 heterocycles. The molecule has 0 aromatic heterocycles. The van der Waals surface area contributed by atoms with Gasteiger partial charge in [0.15, 0.2) is 0 Å². The molecular weight excluding hydrogens is 136 g/mol. The molecule has 52 valence electrons. The highest BCUT2D eigenvalue weighted by molar-refractivity contribution is 6.43. The third kappa shape index (κ3) is 3.93. The Balaban J connectivity index is 3.65. The minimum absolute atomic E-state index is 0.323. The van der Waals surface area contributed by atoms with Crippen LogP contribution in [0, 0.1) is 0 Å². The Bertz CT molecular complexity index is 130. The molecule has 0 fully saturated rings. The van der Waals surface area contributed by atoms with Crippen LogP contribution in [0.2, 0.25) is 6.55 Å². The van der Waals surface area contributed by atoms with Crippen molar-refractivity contribution in [1.29, 1.82) is 0 Å². The molecule has 0 saturated heterocycles. The topological polar surface area (TPSA) is 46.5 Å². The van der Waals surface area contributed by atoms with Crippen molar-refractivity contribution in [2.45, 2.75) is 13.5 Å². The van der Waals surface area contributed by atoms with E-state index in [2.05, 4.69) is 11.0 Å². The maximum absolute atomic E-state index is 10.5. The smallest absolute Gasteiger partial charge is 0.379 e. The zero-order chi connectivity index (χ0) is 7.44. The molecule has 0 amide bonds. The van der Waals surface area contributed by atoms with Crippen LogP contribution in [0.15, 0.2) is 12.2 Å². The molecule has 0 saturated carbocycles. The standard InChI is InChI=1S/C5H10O3Si/c1-4(2)5(6)8-9(3)7/h7,9H,1H2,2-3H3. The maximum Gasteiger partial charge on any atom is 0.379 e. The summed E-state index contributed by atoms with van der Waals surface area (Å²) < 4.78 is 4.47. The summed E-state index contributed by atoms with van der Waals surface area (Å²) in [5, 5.41) is 0. The number of rotatable bonds is 2. The van der Waals surface area contributed by atoms with Gasteiger partial charge in [-0.1, -0.05) is 6.58 Å². The Morgan fingerprint density at radius 3 is 2.33 bits per heavy atom. The van der Waals surface area contributed by atoms with Gasteiger partial charge in [-0.05, 0) is 13.5 Å². The van der Waals surface area contributed by atoms with E-state index in [0.717, 1.165) is 0 Å². The first-order chi connectivity index (χ1) is 4.04. The molecule has 3 nitrogen and oxygen atoms in total. The van der Waals surface area contributed by atoms with Crippen molar-refractivity contribution in [1.82, 2.24) is 0 Å². The first-order valence-corrected chi connectivity index (χ1v) is 4.73. The van der Waals surface area contributed by atoms with Crippen LogP contribution in [0.3, 0.4) is 0 Å². The van der Waals surface area contributed by atoms with Crippen molar-refractivity contribution in [3.8, 4) is 0 Å². The van der Waals surface area contributed by atoms with Crippen LogP contribution in [0.1, 0.15) is 6.92 Å². The van der Waals surface area contributed by atoms with Gasteiger partial charge in [0.05, 0.1) is 0 Å². The lowest BCUT2D eigenvalue weighted by atomic mass is 10.4. The van der Waals surface area contributed by atoms with Crippen LogP contribution in [0.4, 0.5) is 0 Å². The van der Waals surface area contributed by atoms with E-state index < -0.39 is 15.3 Å². The second-order valence-electron chi connectivity index (χ2n) is 1.78. The van der Waals surface area contributed by atoms with Crippen LogP contribution >= 0.6 is 0 Å². The van der Waals surface area contributed by atoms with Gasteiger partial charge in [-0.15, -0.1) is 0 Å². The Morgan fingerprint density at radius 2 is 2.22 bits per heavy atom. The second-order valence-corrected chi connectivity index (χ2v) is 3.22. The van der Waals surface area contributed by atoms with Crippen molar-refractivity contribution in [2.24, 2.45) is 0 Å². The van der Waals surface area contributed by atoms with Gasteiger partial charge in [0, 0.05) is 5.57 Å². The quantitative estimate of drug-likeness (QED) is 0.439. The summed E-state index contributed by atoms with van der Waals surface area (Å²) in [5.74, 6) is -0.503. The zero-order valence-electron chi connectivity index (χ0n) is 5.55. The summed E-state index contributed by atoms with van der Waals surface area (Å²) in [4.78, 5) is 19.1. The normalized spacial score (nSPS) is 12.3. The Hall–Kier alpha value is -0.613. The minimum atomic E-state index is -2.19. The van der Waals surface area contributed by atoms with Gasteiger partial charge < -0.3 is 9.22 Å². The van der Waals surface area contributed by atoms with Crippen LogP contribution in [0.5, 0.6) is 0 Å². The van der Waals surface area contributed by atoms with E-state index in [1.54, 1.807) is 6.92 Å². The zero-order valence-corrected chi connectivity index (χ0v) is 6.70. The molecule has 0 spiro atoms. The summed E-state index contributed by atoms with van der Waals surface area (Å²) >= 11 is 0. The minimum Gasteiger partial charge on any atom is -0.494 e. The Labute approximate surface area is 55.8 Å². The predicted molar refractivity (Wildman–Crippen MR) is 36.1 cm³/mol. The van der Waals surface area contributed by atoms with Crippen molar-refractivity contribution < 1.29 is 14.0 Å². The molecule has 0 radical (unpaired) electrons. The number of hydrogen-bond donors (Lipinski definition) is 1. The van der Waals surface area contributed by atoms with E-state index in [9.17, 15) is 4.79 Å². The highest BCUT2D eigenvalue weighted by atomic mass is 28.3. The van der Waals surface area contributed by atoms with E-state index in [1.165, 1.54) is 6.55 Å². The van der Waals surface area contributed by atoms with E-state index >= 15 is 0 Å². The van der Waals surface area contributed by atoms with Crippen LogP contribution in [0.25, 0.3) is 0 Å².